The van der Waals surface area contributed by atoms with Crippen molar-refractivity contribution in [2.45, 2.75) is 39.2 Å². The maximum Gasteiger partial charge on any atom is 0.409 e. The molecule has 0 spiro atoms. The first-order valence-electron chi connectivity index (χ1n) is 9.92. The van der Waals surface area contributed by atoms with Gasteiger partial charge in [0.2, 0.25) is 0 Å². The number of likely N-dealkylation sites (tertiary alicyclic amines) is 1. The average molecular weight is 514 g/mol. The van der Waals surface area contributed by atoms with Crippen molar-refractivity contribution in [3.05, 3.63) is 35.8 Å². The zero-order valence-electron chi connectivity index (χ0n) is 17.4. The molecule has 1 aliphatic rings. The van der Waals surface area contributed by atoms with E-state index in [1.54, 1.807) is 11.9 Å². The second kappa shape index (κ2) is 11.2. The summed E-state index contributed by atoms with van der Waals surface area (Å²) in [5, 5.41) is 6.82. The molecule has 1 aliphatic heterocycles. The summed E-state index contributed by atoms with van der Waals surface area (Å²) < 4.78 is 7.13. The lowest BCUT2D eigenvalue weighted by Gasteiger charge is -2.32. The van der Waals surface area contributed by atoms with Crippen LogP contribution >= 0.6 is 24.0 Å². The van der Waals surface area contributed by atoms with Crippen molar-refractivity contribution in [3.63, 3.8) is 0 Å². The molecule has 2 aromatic heterocycles. The minimum absolute atomic E-state index is 0. The largest absolute Gasteiger partial charge is 0.450 e. The van der Waals surface area contributed by atoms with E-state index in [1.807, 2.05) is 19.2 Å². The molecule has 1 amide bonds. The quantitative estimate of drug-likeness (QED) is 0.364. The number of aromatic nitrogens is 2. The number of aryl methyl sites for hydroxylation is 1. The molecular formula is C20H31IN6O2. The van der Waals surface area contributed by atoms with Crippen molar-refractivity contribution in [1.29, 1.82) is 0 Å². The Morgan fingerprint density at radius 2 is 2.14 bits per heavy atom. The minimum Gasteiger partial charge on any atom is -0.450 e. The van der Waals surface area contributed by atoms with Crippen LogP contribution in [0, 0.1) is 6.92 Å². The molecule has 29 heavy (non-hydrogen) atoms. The van der Waals surface area contributed by atoms with Crippen molar-refractivity contribution < 1.29 is 9.53 Å². The highest BCUT2D eigenvalue weighted by molar-refractivity contribution is 14.0. The third kappa shape index (κ3) is 6.22. The number of nitrogens with zero attached hydrogens (tertiary/aromatic N) is 4. The fourth-order valence-electron chi connectivity index (χ4n) is 3.44. The summed E-state index contributed by atoms with van der Waals surface area (Å²) in [4.78, 5) is 22.6. The van der Waals surface area contributed by atoms with Gasteiger partial charge in [-0.2, -0.15) is 0 Å². The van der Waals surface area contributed by atoms with E-state index in [0.717, 1.165) is 43.1 Å². The number of imidazole rings is 1. The molecule has 1 fully saturated rings. The second-order valence-electron chi connectivity index (χ2n) is 7.01. The van der Waals surface area contributed by atoms with Gasteiger partial charge in [-0.1, -0.05) is 6.07 Å². The summed E-state index contributed by atoms with van der Waals surface area (Å²) >= 11 is 0. The van der Waals surface area contributed by atoms with Crippen LogP contribution in [0.5, 0.6) is 0 Å². The number of ether oxygens (including phenoxy) is 1. The van der Waals surface area contributed by atoms with Crippen LogP contribution in [-0.4, -0.2) is 65.7 Å². The molecule has 160 valence electrons. The number of carbonyl (C=O) groups is 1. The second-order valence-corrected chi connectivity index (χ2v) is 7.01. The summed E-state index contributed by atoms with van der Waals surface area (Å²) in [7, 11) is 1.78. The predicted molar refractivity (Wildman–Crippen MR) is 125 cm³/mol. The average Bonchev–Trinajstić information content (AvgIpc) is 3.12. The van der Waals surface area contributed by atoms with Gasteiger partial charge in [0.1, 0.15) is 5.65 Å². The van der Waals surface area contributed by atoms with Gasteiger partial charge in [0.25, 0.3) is 0 Å². The highest BCUT2D eigenvalue weighted by Gasteiger charge is 2.24. The molecule has 0 aliphatic carbocycles. The molecular weight excluding hydrogens is 483 g/mol. The van der Waals surface area contributed by atoms with Crippen LogP contribution in [0.1, 0.15) is 31.0 Å². The highest BCUT2D eigenvalue weighted by Crippen LogP contribution is 2.12. The molecule has 0 radical (unpaired) electrons. The number of piperidine rings is 1. The number of pyridine rings is 1. The zero-order valence-corrected chi connectivity index (χ0v) is 19.7. The van der Waals surface area contributed by atoms with Gasteiger partial charge in [-0.25, -0.2) is 9.78 Å². The Bertz CT molecular complexity index is 829. The normalized spacial score (nSPS) is 15.1. The number of halogens is 1. The Hall–Kier alpha value is -2.04. The third-order valence-electron chi connectivity index (χ3n) is 4.99. The molecule has 3 heterocycles. The van der Waals surface area contributed by atoms with Crippen LogP contribution in [0.4, 0.5) is 4.79 Å². The van der Waals surface area contributed by atoms with Gasteiger partial charge >= 0.3 is 6.09 Å². The first-order chi connectivity index (χ1) is 13.6. The minimum atomic E-state index is -0.217. The SMILES string of the molecule is CCOC(=O)N1CCC(NC(=NC)NCCc2cn3cccc(C)c3n2)CC1.I. The maximum atomic E-state index is 11.8. The smallest absolute Gasteiger partial charge is 0.409 e. The van der Waals surface area contributed by atoms with E-state index in [0.29, 0.717) is 25.7 Å². The molecule has 0 atom stereocenters. The predicted octanol–water partition coefficient (Wildman–Crippen LogP) is 2.59. The van der Waals surface area contributed by atoms with Gasteiger partial charge in [-0.3, -0.25) is 4.99 Å². The molecule has 2 N–H and O–H groups in total. The number of rotatable bonds is 5. The molecule has 0 saturated carbocycles. The molecule has 2 aromatic rings. The highest BCUT2D eigenvalue weighted by atomic mass is 127. The summed E-state index contributed by atoms with van der Waals surface area (Å²) in [6.07, 6.45) is 6.46. The molecule has 3 rings (SSSR count). The van der Waals surface area contributed by atoms with E-state index >= 15 is 0 Å². The van der Waals surface area contributed by atoms with Crippen molar-refractivity contribution >= 4 is 41.7 Å². The van der Waals surface area contributed by atoms with Crippen LogP contribution < -0.4 is 10.6 Å². The number of guanidine groups is 1. The number of amides is 1. The van der Waals surface area contributed by atoms with E-state index in [1.165, 1.54) is 5.56 Å². The zero-order chi connectivity index (χ0) is 19.9. The van der Waals surface area contributed by atoms with Gasteiger partial charge in [0, 0.05) is 51.5 Å². The number of hydrogen-bond donors (Lipinski definition) is 2. The van der Waals surface area contributed by atoms with Crippen molar-refractivity contribution in [2.75, 3.05) is 33.3 Å². The first kappa shape index (κ1) is 23.2. The van der Waals surface area contributed by atoms with Crippen molar-refractivity contribution in [3.8, 4) is 0 Å². The Labute approximate surface area is 189 Å². The number of nitrogens with one attached hydrogen (secondary N) is 2. The Morgan fingerprint density at radius 1 is 1.38 bits per heavy atom. The summed E-state index contributed by atoms with van der Waals surface area (Å²) in [6, 6.07) is 4.41. The Morgan fingerprint density at radius 3 is 2.79 bits per heavy atom. The van der Waals surface area contributed by atoms with E-state index in [9.17, 15) is 4.79 Å². The van der Waals surface area contributed by atoms with E-state index in [-0.39, 0.29) is 30.1 Å². The standard InChI is InChI=1S/C20H30N6O2.HI/c1-4-28-20(27)25-12-8-16(9-13-25)24-19(21-3)22-10-7-17-14-26-11-5-6-15(2)18(26)23-17;/h5-6,11,14,16H,4,7-10,12-13H2,1-3H3,(H2,21,22,24);1H. The number of carbonyl (C=O) groups excluding carboxylic acids is 1. The van der Waals surface area contributed by atoms with Crippen molar-refractivity contribution in [2.24, 2.45) is 4.99 Å². The summed E-state index contributed by atoms with van der Waals surface area (Å²) in [5.74, 6) is 0.787. The van der Waals surface area contributed by atoms with Gasteiger partial charge in [0.05, 0.1) is 12.3 Å². The Kier molecular flexibility index (Phi) is 8.99. The lowest BCUT2D eigenvalue weighted by Crippen LogP contribution is -2.50. The van der Waals surface area contributed by atoms with Crippen LogP contribution in [0.15, 0.2) is 29.5 Å². The fourth-order valence-corrected chi connectivity index (χ4v) is 3.44. The molecule has 1 saturated heterocycles. The first-order valence-corrected chi connectivity index (χ1v) is 9.92. The lowest BCUT2D eigenvalue weighted by atomic mass is 10.1. The van der Waals surface area contributed by atoms with Crippen LogP contribution in [0.2, 0.25) is 0 Å². The molecule has 9 heteroatoms. The van der Waals surface area contributed by atoms with Gasteiger partial charge in [0.15, 0.2) is 5.96 Å². The summed E-state index contributed by atoms with van der Waals surface area (Å²) in [5.41, 5.74) is 3.24. The fraction of sp³-hybridized carbons (Fsp3) is 0.550. The van der Waals surface area contributed by atoms with E-state index in [4.69, 9.17) is 9.72 Å². The van der Waals surface area contributed by atoms with Gasteiger partial charge < -0.3 is 24.7 Å². The molecule has 0 aromatic carbocycles. The summed E-state index contributed by atoms with van der Waals surface area (Å²) in [6.45, 7) is 6.48. The van der Waals surface area contributed by atoms with Crippen molar-refractivity contribution in [1.82, 2.24) is 24.9 Å². The van der Waals surface area contributed by atoms with Gasteiger partial charge in [-0.15, -0.1) is 24.0 Å². The van der Waals surface area contributed by atoms with Crippen LogP contribution in [-0.2, 0) is 11.2 Å². The maximum absolute atomic E-state index is 11.8. The van der Waals surface area contributed by atoms with Gasteiger partial charge in [-0.05, 0) is 38.3 Å². The number of hydrogen-bond acceptors (Lipinski definition) is 4. The monoisotopic (exact) mass is 514 g/mol. The Balaban J connectivity index is 0.00000300. The van der Waals surface area contributed by atoms with Crippen LogP contribution in [0.25, 0.3) is 5.65 Å². The van der Waals surface area contributed by atoms with E-state index < -0.39 is 0 Å². The third-order valence-corrected chi connectivity index (χ3v) is 4.99. The van der Waals surface area contributed by atoms with Crippen LogP contribution in [0.3, 0.4) is 0 Å². The van der Waals surface area contributed by atoms with E-state index in [2.05, 4.69) is 39.2 Å². The molecule has 8 nitrogen and oxygen atoms in total. The molecule has 0 bridgehead atoms. The number of aliphatic imine (C=N–C) groups is 1. The lowest BCUT2D eigenvalue weighted by molar-refractivity contribution is 0.0963. The topological polar surface area (TPSA) is 83.3 Å². The number of fused-ring (bicyclic) bond motifs is 1. The molecule has 0 unspecified atom stereocenters.